The number of fused-ring (bicyclic) bond motifs is 2. The van der Waals surface area contributed by atoms with E-state index in [9.17, 15) is 16.8 Å². The molecule has 2 aromatic rings. The van der Waals surface area contributed by atoms with Crippen molar-refractivity contribution < 1.29 is 30.5 Å². The molecule has 2 N–H and O–H groups in total. The van der Waals surface area contributed by atoms with Gasteiger partial charge in [-0.2, -0.15) is 21.4 Å². The number of hydrogen-bond donors (Lipinski definition) is 2. The molecule has 0 bridgehead atoms. The maximum absolute atomic E-state index is 11.2. The summed E-state index contributed by atoms with van der Waals surface area (Å²) in [5, 5.41) is 0. The van der Waals surface area contributed by atoms with Gasteiger partial charge in [0, 0.05) is 54.6 Å². The Hall–Kier alpha value is -1.85. The molecule has 2 aromatic carbocycles. The van der Waals surface area contributed by atoms with E-state index in [1.807, 2.05) is 42.5 Å². The van der Waals surface area contributed by atoms with Crippen LogP contribution in [0.2, 0.25) is 0 Å². The predicted molar refractivity (Wildman–Crippen MR) is 208 cm³/mol. The average Bonchev–Trinajstić information content (AvgIpc) is 3.31. The molecule has 254 valence electrons. The quantitative estimate of drug-likeness (QED) is 0.0651. The van der Waals surface area contributed by atoms with Crippen LogP contribution in [0.25, 0.3) is 0 Å². The van der Waals surface area contributed by atoms with Crippen LogP contribution in [-0.2, 0) is 31.1 Å². The van der Waals surface area contributed by atoms with Crippen molar-refractivity contribution in [2.75, 3.05) is 29.5 Å². The second kappa shape index (κ2) is 15.4. The van der Waals surface area contributed by atoms with Gasteiger partial charge in [-0.15, -0.1) is 0 Å². The van der Waals surface area contributed by atoms with Crippen molar-refractivity contribution in [2.24, 2.45) is 0 Å². The van der Waals surface area contributed by atoms with Gasteiger partial charge in [-0.05, 0) is 103 Å². The van der Waals surface area contributed by atoms with Crippen molar-refractivity contribution in [1.29, 1.82) is 0 Å². The zero-order valence-corrected chi connectivity index (χ0v) is 33.1. The molecule has 0 fully saturated rings. The molecule has 0 unspecified atom stereocenters. The number of anilines is 1. The first kappa shape index (κ1) is 38.0. The van der Waals surface area contributed by atoms with E-state index in [0.29, 0.717) is 38.8 Å². The lowest BCUT2D eigenvalue weighted by Gasteiger charge is -2.27. The lowest BCUT2D eigenvalue weighted by atomic mass is 9.81. The molecule has 0 saturated carbocycles. The molecule has 47 heavy (non-hydrogen) atoms. The summed E-state index contributed by atoms with van der Waals surface area (Å²) in [6.07, 6.45) is 16.3. The molecular weight excluding hydrogens is 862 g/mol. The smallest absolute Gasteiger partial charge is 0.264 e. The van der Waals surface area contributed by atoms with E-state index in [1.165, 1.54) is 18.3 Å². The molecule has 12 heteroatoms. The van der Waals surface area contributed by atoms with Gasteiger partial charge < -0.3 is 4.90 Å². The van der Waals surface area contributed by atoms with Crippen molar-refractivity contribution in [3.63, 3.8) is 0 Å². The van der Waals surface area contributed by atoms with Crippen molar-refractivity contribution in [3.05, 3.63) is 103 Å². The average molecular weight is 906 g/mol. The summed E-state index contributed by atoms with van der Waals surface area (Å²) in [6, 6.07) is 12.5. The van der Waals surface area contributed by atoms with Gasteiger partial charge in [-0.1, -0.05) is 56.4 Å². The number of rotatable bonds is 14. The zero-order chi connectivity index (χ0) is 34.6. The molecule has 0 saturated heterocycles. The molecule has 0 atom stereocenters. The Morgan fingerprint density at radius 2 is 1.32 bits per heavy atom. The summed E-state index contributed by atoms with van der Waals surface area (Å²) in [5.41, 5.74) is 6.53. The van der Waals surface area contributed by atoms with Gasteiger partial charge in [-0.3, -0.25) is 9.11 Å². The highest BCUT2D eigenvalue weighted by molar-refractivity contribution is 14.1. The van der Waals surface area contributed by atoms with E-state index in [4.69, 9.17) is 9.11 Å². The Morgan fingerprint density at radius 3 is 1.98 bits per heavy atom. The van der Waals surface area contributed by atoms with Gasteiger partial charge in [0.1, 0.15) is 6.54 Å². The molecule has 2 aliphatic rings. The fraction of sp³-hybridized carbons (Fsp3) is 0.400. The third-order valence-corrected chi connectivity index (χ3v) is 12.1. The number of unbranched alkanes of at least 4 members (excludes halogenated alkanes) is 2. The molecule has 0 aliphatic carbocycles. The van der Waals surface area contributed by atoms with Gasteiger partial charge >= 0.3 is 0 Å². The number of benzene rings is 2. The summed E-state index contributed by atoms with van der Waals surface area (Å²) >= 11 is 4.76. The van der Waals surface area contributed by atoms with Crippen molar-refractivity contribution >= 4 is 82.5 Å². The Bertz CT molecular complexity index is 1870. The number of halogens is 2. The molecule has 0 radical (unpaired) electrons. The van der Waals surface area contributed by atoms with Gasteiger partial charge in [0.25, 0.3) is 20.2 Å². The van der Waals surface area contributed by atoms with Crippen LogP contribution in [0.5, 0.6) is 0 Å². The molecule has 2 heterocycles. The van der Waals surface area contributed by atoms with Crippen LogP contribution in [0, 0.1) is 7.14 Å². The largest absolute Gasteiger partial charge is 0.344 e. The predicted octanol–water partition coefficient (Wildman–Crippen LogP) is 7.96. The minimum Gasteiger partial charge on any atom is -0.344 e. The van der Waals surface area contributed by atoms with E-state index in [1.54, 1.807) is 0 Å². The number of allylic oxidation sites excluding steroid dienone is 8. The van der Waals surface area contributed by atoms with Crippen LogP contribution >= 0.6 is 45.2 Å². The lowest BCUT2D eigenvalue weighted by Crippen LogP contribution is -2.28. The normalized spacial score (nSPS) is 18.4. The van der Waals surface area contributed by atoms with Crippen LogP contribution in [0.1, 0.15) is 64.5 Å². The summed E-state index contributed by atoms with van der Waals surface area (Å²) in [5.74, 6) is -0.484. The Labute approximate surface area is 307 Å². The second-order valence-corrected chi connectivity index (χ2v) is 18.3. The zero-order valence-electron chi connectivity index (χ0n) is 27.2. The first-order valence-corrected chi connectivity index (χ1v) is 21.0. The molecule has 8 nitrogen and oxygen atoms in total. The van der Waals surface area contributed by atoms with E-state index in [0.717, 1.165) is 22.8 Å². The van der Waals surface area contributed by atoms with Crippen LogP contribution in [0.4, 0.5) is 11.4 Å². The van der Waals surface area contributed by atoms with Gasteiger partial charge in [0.2, 0.25) is 5.69 Å². The number of nitrogens with zero attached hydrogens (tertiary/aromatic N) is 2. The van der Waals surface area contributed by atoms with E-state index in [2.05, 4.69) is 119 Å². The first-order valence-electron chi connectivity index (χ1n) is 15.6. The molecule has 2 aliphatic heterocycles. The summed E-state index contributed by atoms with van der Waals surface area (Å²) in [6.45, 7) is 10.1. The third-order valence-electron chi connectivity index (χ3n) is 8.70. The SMILES string of the molecule is CC1(C)C(/C=C/C=C/C=C/C=C2/N(CCCCS(=O)(=O)O)c3cccc(I)c3C2(C)C)=[N+](CCCCS(=O)(=O)O)c2cccc(I)c21. The fourth-order valence-electron chi connectivity index (χ4n) is 6.58. The maximum atomic E-state index is 11.2. The maximum Gasteiger partial charge on any atom is 0.264 e. The summed E-state index contributed by atoms with van der Waals surface area (Å²) in [4.78, 5) is 2.26. The molecule has 0 aromatic heterocycles. The van der Waals surface area contributed by atoms with Crippen LogP contribution in [0.15, 0.2) is 84.6 Å². The summed E-state index contributed by atoms with van der Waals surface area (Å²) in [7, 11) is -7.96. The highest BCUT2D eigenvalue weighted by atomic mass is 127. The highest BCUT2D eigenvalue weighted by Gasteiger charge is 2.45. The molecule has 4 rings (SSSR count). The van der Waals surface area contributed by atoms with Crippen LogP contribution < -0.4 is 4.90 Å². The van der Waals surface area contributed by atoms with Crippen molar-refractivity contribution in [3.8, 4) is 0 Å². The monoisotopic (exact) mass is 905 g/mol. The fourth-order valence-corrected chi connectivity index (χ4v) is 10.0. The minimum atomic E-state index is -3.98. The topological polar surface area (TPSA) is 115 Å². The van der Waals surface area contributed by atoms with E-state index >= 15 is 0 Å². The lowest BCUT2D eigenvalue weighted by molar-refractivity contribution is -0.438. The Morgan fingerprint density at radius 1 is 0.745 bits per heavy atom. The second-order valence-electron chi connectivity index (χ2n) is 12.9. The summed E-state index contributed by atoms with van der Waals surface area (Å²) < 4.78 is 67.9. The Kier molecular flexibility index (Phi) is 12.4. The van der Waals surface area contributed by atoms with Gasteiger partial charge in [-0.25, -0.2) is 0 Å². The van der Waals surface area contributed by atoms with Crippen molar-refractivity contribution in [2.45, 2.75) is 64.2 Å². The van der Waals surface area contributed by atoms with Crippen LogP contribution in [-0.4, -0.2) is 60.8 Å². The highest BCUT2D eigenvalue weighted by Crippen LogP contribution is 2.49. The third kappa shape index (κ3) is 9.24. The standard InChI is InChI=1S/C35H42I2N2O6S2/c1-34(2)30(38(22-10-12-24-46(40,41)42)28-18-14-16-26(36)32(28)34)20-8-6-5-7-9-21-31-35(3,4)33-27(37)17-15-19-29(33)39(31)23-11-13-25-47(43,44)45/h5-9,14-21H,10-13,22-25H2,1-4H3,(H-,40,41,42,43,44,45)/p+1. The van der Waals surface area contributed by atoms with Gasteiger partial charge in [0.05, 0.1) is 22.5 Å². The van der Waals surface area contributed by atoms with E-state index in [-0.39, 0.29) is 22.3 Å². The van der Waals surface area contributed by atoms with Gasteiger partial charge in [0.15, 0.2) is 5.71 Å². The van der Waals surface area contributed by atoms with Crippen molar-refractivity contribution in [1.82, 2.24) is 0 Å². The van der Waals surface area contributed by atoms with Crippen LogP contribution in [0.3, 0.4) is 0 Å². The Balaban J connectivity index is 1.53. The number of hydrogen-bond acceptors (Lipinski definition) is 5. The van der Waals surface area contributed by atoms with E-state index < -0.39 is 20.2 Å². The molecular formula is C35H43I2N2O6S2+. The molecule has 0 amide bonds. The minimum absolute atomic E-state index is 0.242. The first-order chi connectivity index (χ1) is 21.9. The molecule has 0 spiro atoms.